The lowest BCUT2D eigenvalue weighted by Crippen LogP contribution is -2.48. The maximum atomic E-state index is 12.1. The zero-order valence-electron chi connectivity index (χ0n) is 12.4. The van der Waals surface area contributed by atoms with Crippen LogP contribution < -0.4 is 15.4 Å². The van der Waals surface area contributed by atoms with Gasteiger partial charge in [-0.2, -0.15) is 0 Å². The highest BCUT2D eigenvalue weighted by Gasteiger charge is 2.22. The summed E-state index contributed by atoms with van der Waals surface area (Å²) in [5.74, 6) is 0.717. The first-order valence-corrected chi connectivity index (χ1v) is 6.61. The van der Waals surface area contributed by atoms with Crippen molar-refractivity contribution in [2.45, 2.75) is 45.7 Å². The largest absolute Gasteiger partial charge is 0.495 e. The van der Waals surface area contributed by atoms with Crippen LogP contribution >= 0.6 is 0 Å². The van der Waals surface area contributed by atoms with Gasteiger partial charge in [-0.05, 0) is 39.3 Å². The van der Waals surface area contributed by atoms with Gasteiger partial charge in [0.05, 0.1) is 12.8 Å². The molecule has 1 aromatic rings. The Labute approximate surface area is 115 Å². The third-order valence-corrected chi connectivity index (χ3v) is 3.22. The fourth-order valence-electron chi connectivity index (χ4n) is 1.59. The van der Waals surface area contributed by atoms with Gasteiger partial charge in [0.25, 0.3) is 0 Å². The molecule has 0 saturated carbocycles. The van der Waals surface area contributed by atoms with Crippen molar-refractivity contribution in [3.8, 4) is 5.75 Å². The SMILES string of the molecule is CCC(C)(C)NC(=O)C(C)Nc1ccccc1OC. The second kappa shape index (κ2) is 6.45. The molecule has 106 valence electrons. The molecular formula is C15H24N2O2. The van der Waals surface area contributed by atoms with Crippen LogP contribution in [0.3, 0.4) is 0 Å². The van der Waals surface area contributed by atoms with Gasteiger partial charge in [-0.15, -0.1) is 0 Å². The molecule has 1 aromatic carbocycles. The Morgan fingerprint density at radius 1 is 1.37 bits per heavy atom. The Balaban J connectivity index is 2.69. The summed E-state index contributed by atoms with van der Waals surface area (Å²) < 4.78 is 5.25. The lowest BCUT2D eigenvalue weighted by Gasteiger charge is -2.27. The van der Waals surface area contributed by atoms with E-state index in [-0.39, 0.29) is 17.5 Å². The predicted molar refractivity (Wildman–Crippen MR) is 78.6 cm³/mol. The fraction of sp³-hybridized carbons (Fsp3) is 0.533. The Kier molecular flexibility index (Phi) is 5.21. The van der Waals surface area contributed by atoms with E-state index in [0.29, 0.717) is 0 Å². The molecule has 0 spiro atoms. The minimum atomic E-state index is -0.317. The van der Waals surface area contributed by atoms with Gasteiger partial charge in [0.15, 0.2) is 0 Å². The van der Waals surface area contributed by atoms with Gasteiger partial charge in [0.2, 0.25) is 5.91 Å². The minimum Gasteiger partial charge on any atom is -0.495 e. The Morgan fingerprint density at radius 2 is 2.00 bits per heavy atom. The van der Waals surface area contributed by atoms with Gasteiger partial charge in [-0.1, -0.05) is 19.1 Å². The predicted octanol–water partition coefficient (Wildman–Crippen LogP) is 2.80. The van der Waals surface area contributed by atoms with Gasteiger partial charge >= 0.3 is 0 Å². The summed E-state index contributed by atoms with van der Waals surface area (Å²) >= 11 is 0. The number of amides is 1. The third kappa shape index (κ3) is 4.47. The van der Waals surface area contributed by atoms with E-state index in [1.165, 1.54) is 0 Å². The first-order chi connectivity index (χ1) is 8.89. The molecular weight excluding hydrogens is 240 g/mol. The number of ether oxygens (including phenoxy) is 1. The van der Waals surface area contributed by atoms with Crippen molar-refractivity contribution in [1.29, 1.82) is 0 Å². The van der Waals surface area contributed by atoms with Crippen LogP contribution in [0.15, 0.2) is 24.3 Å². The molecule has 1 atom stereocenters. The van der Waals surface area contributed by atoms with E-state index in [0.717, 1.165) is 17.9 Å². The Bertz CT molecular complexity index is 430. The van der Waals surface area contributed by atoms with Crippen LogP contribution in [0.5, 0.6) is 5.75 Å². The molecule has 0 radical (unpaired) electrons. The number of para-hydroxylation sites is 2. The molecule has 0 saturated heterocycles. The number of hydrogen-bond acceptors (Lipinski definition) is 3. The van der Waals surface area contributed by atoms with Crippen LogP contribution in [0.25, 0.3) is 0 Å². The number of anilines is 1. The Morgan fingerprint density at radius 3 is 2.58 bits per heavy atom. The van der Waals surface area contributed by atoms with Gasteiger partial charge in [0.1, 0.15) is 11.8 Å². The summed E-state index contributed by atoms with van der Waals surface area (Å²) in [5.41, 5.74) is 0.635. The standard InChI is InChI=1S/C15H24N2O2/c1-6-15(3,4)17-14(18)11(2)16-12-9-7-8-10-13(12)19-5/h7-11,16H,6H2,1-5H3,(H,17,18). The number of nitrogens with one attached hydrogen (secondary N) is 2. The summed E-state index contributed by atoms with van der Waals surface area (Å²) in [6.45, 7) is 7.92. The molecule has 1 rings (SSSR count). The van der Waals surface area contributed by atoms with E-state index in [1.54, 1.807) is 7.11 Å². The van der Waals surface area contributed by atoms with Gasteiger partial charge < -0.3 is 15.4 Å². The number of benzene rings is 1. The summed E-state index contributed by atoms with van der Waals surface area (Å²) in [6, 6.07) is 7.25. The molecule has 0 aliphatic heterocycles. The normalized spacial score (nSPS) is 12.7. The third-order valence-electron chi connectivity index (χ3n) is 3.22. The van der Waals surface area contributed by atoms with E-state index in [2.05, 4.69) is 17.6 Å². The molecule has 0 aromatic heterocycles. The van der Waals surface area contributed by atoms with E-state index in [1.807, 2.05) is 45.0 Å². The van der Waals surface area contributed by atoms with Crippen molar-refractivity contribution >= 4 is 11.6 Å². The number of rotatable bonds is 6. The zero-order valence-corrected chi connectivity index (χ0v) is 12.4. The molecule has 19 heavy (non-hydrogen) atoms. The van der Waals surface area contributed by atoms with Crippen molar-refractivity contribution in [3.63, 3.8) is 0 Å². The highest BCUT2D eigenvalue weighted by Crippen LogP contribution is 2.23. The van der Waals surface area contributed by atoms with Gasteiger partial charge in [0, 0.05) is 5.54 Å². The van der Waals surface area contributed by atoms with E-state index >= 15 is 0 Å². The van der Waals surface area contributed by atoms with Crippen molar-refractivity contribution < 1.29 is 9.53 Å². The second-order valence-electron chi connectivity index (χ2n) is 5.29. The molecule has 0 aliphatic rings. The van der Waals surface area contributed by atoms with Crippen LogP contribution in [0.4, 0.5) is 5.69 Å². The van der Waals surface area contributed by atoms with Gasteiger partial charge in [-0.3, -0.25) is 4.79 Å². The molecule has 0 bridgehead atoms. The summed E-state index contributed by atoms with van der Waals surface area (Å²) in [7, 11) is 1.62. The highest BCUT2D eigenvalue weighted by molar-refractivity contribution is 5.85. The first kappa shape index (κ1) is 15.3. The minimum absolute atomic E-state index is 0.0160. The van der Waals surface area contributed by atoms with E-state index in [9.17, 15) is 4.79 Å². The van der Waals surface area contributed by atoms with Crippen molar-refractivity contribution in [1.82, 2.24) is 5.32 Å². The topological polar surface area (TPSA) is 50.4 Å². The summed E-state index contributed by atoms with van der Waals surface area (Å²) in [4.78, 5) is 12.1. The zero-order chi connectivity index (χ0) is 14.5. The number of carbonyl (C=O) groups is 1. The Hall–Kier alpha value is -1.71. The molecule has 0 aliphatic carbocycles. The molecule has 4 heteroatoms. The summed E-state index contributed by atoms with van der Waals surface area (Å²) in [6.07, 6.45) is 0.889. The monoisotopic (exact) mass is 264 g/mol. The van der Waals surface area contributed by atoms with E-state index in [4.69, 9.17) is 4.74 Å². The van der Waals surface area contributed by atoms with E-state index < -0.39 is 0 Å². The smallest absolute Gasteiger partial charge is 0.242 e. The molecule has 4 nitrogen and oxygen atoms in total. The molecule has 2 N–H and O–H groups in total. The molecule has 0 fully saturated rings. The number of carbonyl (C=O) groups excluding carboxylic acids is 1. The van der Waals surface area contributed by atoms with Crippen LogP contribution in [0, 0.1) is 0 Å². The van der Waals surface area contributed by atoms with Crippen molar-refractivity contribution in [2.75, 3.05) is 12.4 Å². The maximum absolute atomic E-state index is 12.1. The maximum Gasteiger partial charge on any atom is 0.242 e. The van der Waals surface area contributed by atoms with Crippen LogP contribution in [-0.4, -0.2) is 24.6 Å². The fourth-order valence-corrected chi connectivity index (χ4v) is 1.59. The molecule has 1 unspecified atom stereocenters. The highest BCUT2D eigenvalue weighted by atomic mass is 16.5. The molecule has 0 heterocycles. The van der Waals surface area contributed by atoms with Crippen molar-refractivity contribution in [3.05, 3.63) is 24.3 Å². The van der Waals surface area contributed by atoms with Crippen molar-refractivity contribution in [2.24, 2.45) is 0 Å². The van der Waals surface area contributed by atoms with Crippen LogP contribution in [0.2, 0.25) is 0 Å². The van der Waals surface area contributed by atoms with Crippen LogP contribution in [0.1, 0.15) is 34.1 Å². The average molecular weight is 264 g/mol. The molecule has 1 amide bonds. The second-order valence-corrected chi connectivity index (χ2v) is 5.29. The quantitative estimate of drug-likeness (QED) is 0.830. The lowest BCUT2D eigenvalue weighted by atomic mass is 10.0. The lowest BCUT2D eigenvalue weighted by molar-refractivity contribution is -0.123. The van der Waals surface area contributed by atoms with Crippen LogP contribution in [-0.2, 0) is 4.79 Å². The number of methoxy groups -OCH3 is 1. The van der Waals surface area contributed by atoms with Gasteiger partial charge in [-0.25, -0.2) is 0 Å². The average Bonchev–Trinajstić information content (AvgIpc) is 2.38. The summed E-state index contributed by atoms with van der Waals surface area (Å²) in [5, 5.41) is 6.19. The number of hydrogen-bond donors (Lipinski definition) is 2. The first-order valence-electron chi connectivity index (χ1n) is 6.61.